The summed E-state index contributed by atoms with van der Waals surface area (Å²) in [4.78, 5) is 21.5. The van der Waals surface area contributed by atoms with E-state index in [9.17, 15) is 9.59 Å². The van der Waals surface area contributed by atoms with Crippen molar-refractivity contribution in [2.45, 2.75) is 25.0 Å². The summed E-state index contributed by atoms with van der Waals surface area (Å²) in [6, 6.07) is -0.0167. The topological polar surface area (TPSA) is 88.0 Å². The maximum absolute atomic E-state index is 11.3. The van der Waals surface area contributed by atoms with Gasteiger partial charge in [-0.25, -0.2) is 14.7 Å². The van der Waals surface area contributed by atoms with Gasteiger partial charge in [0.1, 0.15) is 0 Å². The number of H-pyrrole nitrogens is 1. The van der Waals surface area contributed by atoms with Gasteiger partial charge in [0, 0.05) is 12.1 Å². The van der Waals surface area contributed by atoms with E-state index in [1.54, 1.807) is 0 Å². The van der Waals surface area contributed by atoms with Crippen LogP contribution in [-0.4, -0.2) is 25.8 Å². The summed E-state index contributed by atoms with van der Waals surface area (Å²) in [5.74, 6) is -1.03. The number of nitrogens with one attached hydrogen (secondary N) is 1. The summed E-state index contributed by atoms with van der Waals surface area (Å²) < 4.78 is 1.46. The summed E-state index contributed by atoms with van der Waals surface area (Å²) in [6.45, 7) is 3.70. The number of thioether (sulfide) groups is 1. The number of rotatable bonds is 4. The molecule has 0 aliphatic heterocycles. The second kappa shape index (κ2) is 4.83. The molecule has 1 rings (SSSR count). The molecule has 7 heteroatoms. The van der Waals surface area contributed by atoms with E-state index < -0.39 is 5.97 Å². The highest BCUT2D eigenvalue weighted by Gasteiger charge is 2.10. The molecule has 2 N–H and O–H groups in total. The highest BCUT2D eigenvalue weighted by Crippen LogP contribution is 2.17. The molecule has 0 radical (unpaired) electrons. The molecule has 0 amide bonds. The summed E-state index contributed by atoms with van der Waals surface area (Å²) in [5.41, 5.74) is -0.295. The molecule has 0 bridgehead atoms. The molecule has 0 spiro atoms. The standard InChI is InChI=1S/C8H11N3O3S/c1-5(2)11-7(14)9-10-8(11)15-4-3-6(12)13/h3-5H,1-2H3,(H,9,14)(H,12,13). The molecule has 15 heavy (non-hydrogen) atoms. The Kier molecular flexibility index (Phi) is 3.73. The van der Waals surface area contributed by atoms with Crippen LogP contribution in [0.15, 0.2) is 21.4 Å². The molecule has 0 unspecified atom stereocenters. The molecule has 0 atom stereocenters. The fraction of sp³-hybridized carbons (Fsp3) is 0.375. The lowest BCUT2D eigenvalue weighted by Crippen LogP contribution is -2.19. The molecule has 1 aromatic heterocycles. The van der Waals surface area contributed by atoms with Gasteiger partial charge < -0.3 is 5.11 Å². The third-order valence-electron chi connectivity index (χ3n) is 1.57. The highest BCUT2D eigenvalue weighted by atomic mass is 32.2. The molecule has 0 saturated carbocycles. The maximum atomic E-state index is 11.3. The average Bonchev–Trinajstić information content (AvgIpc) is 2.46. The van der Waals surface area contributed by atoms with Crippen LogP contribution in [0, 0.1) is 0 Å². The van der Waals surface area contributed by atoms with E-state index in [1.165, 1.54) is 9.98 Å². The zero-order valence-electron chi connectivity index (χ0n) is 8.30. The quantitative estimate of drug-likeness (QED) is 0.590. The Labute approximate surface area is 90.0 Å². The molecule has 0 aromatic carbocycles. The number of aliphatic carboxylic acids is 1. The van der Waals surface area contributed by atoms with Crippen molar-refractivity contribution >= 4 is 17.7 Å². The monoisotopic (exact) mass is 229 g/mol. The Balaban J connectivity index is 2.86. The fourth-order valence-electron chi connectivity index (χ4n) is 0.982. The Bertz CT molecular complexity index is 433. The SMILES string of the molecule is CC(C)n1c(SC=CC(=O)O)n[nH]c1=O. The summed E-state index contributed by atoms with van der Waals surface area (Å²) in [6.07, 6.45) is 0.995. The maximum Gasteiger partial charge on any atom is 0.344 e. The van der Waals surface area contributed by atoms with E-state index in [0.717, 1.165) is 17.8 Å². The average molecular weight is 229 g/mol. The minimum absolute atomic E-state index is 0.0167. The van der Waals surface area contributed by atoms with Crippen LogP contribution in [0.3, 0.4) is 0 Å². The van der Waals surface area contributed by atoms with Gasteiger partial charge in [-0.2, -0.15) is 0 Å². The Morgan fingerprint density at radius 3 is 2.87 bits per heavy atom. The largest absolute Gasteiger partial charge is 0.478 e. The normalized spacial score (nSPS) is 11.4. The molecule has 1 aromatic rings. The zero-order valence-corrected chi connectivity index (χ0v) is 9.11. The molecule has 0 fully saturated rings. The number of hydrogen-bond donors (Lipinski definition) is 2. The van der Waals surface area contributed by atoms with Gasteiger partial charge in [0.25, 0.3) is 0 Å². The number of carboxylic acid groups (broad SMARTS) is 1. The second-order valence-electron chi connectivity index (χ2n) is 3.03. The summed E-state index contributed by atoms with van der Waals surface area (Å²) in [5, 5.41) is 16.3. The van der Waals surface area contributed by atoms with Gasteiger partial charge in [0.15, 0.2) is 5.16 Å². The Hall–Kier alpha value is -1.50. The van der Waals surface area contributed by atoms with Crippen LogP contribution in [-0.2, 0) is 4.79 Å². The Morgan fingerprint density at radius 1 is 1.67 bits per heavy atom. The van der Waals surface area contributed by atoms with Crippen molar-refractivity contribution < 1.29 is 9.90 Å². The first-order valence-electron chi connectivity index (χ1n) is 4.25. The van der Waals surface area contributed by atoms with Crippen LogP contribution in [0.1, 0.15) is 19.9 Å². The van der Waals surface area contributed by atoms with E-state index in [1.807, 2.05) is 13.8 Å². The highest BCUT2D eigenvalue weighted by molar-refractivity contribution is 8.02. The smallest absolute Gasteiger partial charge is 0.344 e. The molecule has 0 saturated heterocycles. The van der Waals surface area contributed by atoms with Crippen LogP contribution >= 0.6 is 11.8 Å². The first-order valence-corrected chi connectivity index (χ1v) is 5.13. The van der Waals surface area contributed by atoms with E-state index in [0.29, 0.717) is 5.16 Å². The van der Waals surface area contributed by atoms with Gasteiger partial charge in [-0.15, -0.1) is 5.10 Å². The number of nitrogens with zero attached hydrogens (tertiary/aromatic N) is 2. The van der Waals surface area contributed by atoms with Crippen molar-refractivity contribution in [2.75, 3.05) is 0 Å². The van der Waals surface area contributed by atoms with Crippen molar-refractivity contribution in [1.82, 2.24) is 14.8 Å². The van der Waals surface area contributed by atoms with Gasteiger partial charge in [0.2, 0.25) is 0 Å². The van der Waals surface area contributed by atoms with Gasteiger partial charge in [0.05, 0.1) is 0 Å². The molecule has 6 nitrogen and oxygen atoms in total. The third kappa shape index (κ3) is 2.98. The summed E-state index contributed by atoms with van der Waals surface area (Å²) >= 11 is 1.08. The van der Waals surface area contributed by atoms with Crippen molar-refractivity contribution in [3.8, 4) is 0 Å². The lowest BCUT2D eigenvalue weighted by molar-refractivity contribution is -0.131. The predicted molar refractivity (Wildman–Crippen MR) is 55.9 cm³/mol. The lowest BCUT2D eigenvalue weighted by Gasteiger charge is -2.06. The van der Waals surface area contributed by atoms with E-state index in [-0.39, 0.29) is 11.7 Å². The first kappa shape index (κ1) is 11.6. The predicted octanol–water partition coefficient (Wildman–Crippen LogP) is 0.843. The van der Waals surface area contributed by atoms with E-state index in [2.05, 4.69) is 10.2 Å². The number of hydrogen-bond acceptors (Lipinski definition) is 4. The van der Waals surface area contributed by atoms with Gasteiger partial charge in [-0.1, -0.05) is 11.8 Å². The van der Waals surface area contributed by atoms with Crippen LogP contribution in [0.2, 0.25) is 0 Å². The molecule has 0 aliphatic carbocycles. The molecule has 82 valence electrons. The minimum Gasteiger partial charge on any atom is -0.478 e. The van der Waals surface area contributed by atoms with Crippen molar-refractivity contribution in [2.24, 2.45) is 0 Å². The number of aromatic amines is 1. The molecular weight excluding hydrogens is 218 g/mol. The van der Waals surface area contributed by atoms with E-state index in [4.69, 9.17) is 5.11 Å². The lowest BCUT2D eigenvalue weighted by atomic mass is 10.4. The van der Waals surface area contributed by atoms with Crippen molar-refractivity contribution in [3.63, 3.8) is 0 Å². The van der Waals surface area contributed by atoms with Gasteiger partial charge >= 0.3 is 11.7 Å². The van der Waals surface area contributed by atoms with Crippen LogP contribution in [0.25, 0.3) is 0 Å². The first-order chi connectivity index (χ1) is 7.02. The van der Waals surface area contributed by atoms with E-state index >= 15 is 0 Å². The van der Waals surface area contributed by atoms with Crippen LogP contribution < -0.4 is 5.69 Å². The van der Waals surface area contributed by atoms with Crippen molar-refractivity contribution in [3.05, 3.63) is 22.0 Å². The third-order valence-corrected chi connectivity index (χ3v) is 2.34. The second-order valence-corrected chi connectivity index (χ2v) is 3.91. The fourth-order valence-corrected chi connectivity index (χ4v) is 1.79. The zero-order chi connectivity index (χ0) is 11.4. The van der Waals surface area contributed by atoms with Crippen LogP contribution in [0.5, 0.6) is 0 Å². The molecular formula is C8H11N3O3S. The van der Waals surface area contributed by atoms with Crippen molar-refractivity contribution in [1.29, 1.82) is 0 Å². The Morgan fingerprint density at radius 2 is 2.33 bits per heavy atom. The number of carbonyl (C=O) groups is 1. The van der Waals surface area contributed by atoms with Crippen LogP contribution in [0.4, 0.5) is 0 Å². The summed E-state index contributed by atoms with van der Waals surface area (Å²) in [7, 11) is 0. The van der Waals surface area contributed by atoms with Gasteiger partial charge in [-0.05, 0) is 19.3 Å². The number of aromatic nitrogens is 3. The molecule has 0 aliphatic rings. The number of carboxylic acids is 1. The minimum atomic E-state index is -1.03. The van der Waals surface area contributed by atoms with Gasteiger partial charge in [-0.3, -0.25) is 4.57 Å². The molecule has 1 heterocycles.